The number of aryl methyl sites for hydroxylation is 2. The first kappa shape index (κ1) is 14.1. The van der Waals surface area contributed by atoms with Gasteiger partial charge in [0.15, 0.2) is 5.82 Å². The molecule has 7 heteroatoms. The molecule has 6 nitrogen and oxygen atoms in total. The third kappa shape index (κ3) is 2.43. The second-order valence-electron chi connectivity index (χ2n) is 5.46. The first-order chi connectivity index (χ1) is 11.1. The van der Waals surface area contributed by atoms with Crippen molar-refractivity contribution in [2.45, 2.75) is 13.8 Å². The maximum Gasteiger partial charge on any atom is 0.222 e. The molecule has 114 valence electrons. The predicted molar refractivity (Wildman–Crippen MR) is 93.0 cm³/mol. The number of aromatic nitrogens is 5. The second-order valence-corrected chi connectivity index (χ2v) is 6.31. The minimum atomic E-state index is 0.601. The number of hydrogen-bond acceptors (Lipinski definition) is 5. The van der Waals surface area contributed by atoms with E-state index in [1.807, 2.05) is 50.2 Å². The zero-order valence-corrected chi connectivity index (χ0v) is 14.2. The molecule has 0 bridgehead atoms. The fourth-order valence-electron chi connectivity index (χ4n) is 2.51. The number of anilines is 2. The minimum Gasteiger partial charge on any atom is -0.337 e. The molecule has 4 aromatic rings. The van der Waals surface area contributed by atoms with Crippen molar-refractivity contribution in [1.29, 1.82) is 0 Å². The van der Waals surface area contributed by atoms with Gasteiger partial charge in [0, 0.05) is 10.2 Å². The van der Waals surface area contributed by atoms with Crippen molar-refractivity contribution >= 4 is 44.1 Å². The summed E-state index contributed by atoms with van der Waals surface area (Å²) in [5, 5.41) is 15.3. The van der Waals surface area contributed by atoms with E-state index in [2.05, 4.69) is 41.8 Å². The third-order valence-electron chi connectivity index (χ3n) is 3.69. The summed E-state index contributed by atoms with van der Waals surface area (Å²) in [6.45, 7) is 4.08. The van der Waals surface area contributed by atoms with Crippen LogP contribution in [0, 0.1) is 13.8 Å². The monoisotopic (exact) mass is 368 g/mol. The van der Waals surface area contributed by atoms with Gasteiger partial charge in [0.25, 0.3) is 0 Å². The number of nitrogens with one attached hydrogen (secondary N) is 1. The molecule has 0 unspecified atom stereocenters. The standard InChI is InChI=1S/C16H13BrN6/c1-9-3-6-13-14(7-9)23-16(20-21-22-23)15(19-13)18-11-4-5-12(17)10(2)8-11/h3-8H,1-2H3,(H,18,19). The summed E-state index contributed by atoms with van der Waals surface area (Å²) in [5.41, 5.74) is 5.55. The van der Waals surface area contributed by atoms with E-state index in [1.165, 1.54) is 0 Å². The molecular formula is C16H13BrN6. The largest absolute Gasteiger partial charge is 0.337 e. The topological polar surface area (TPSA) is 68.0 Å². The van der Waals surface area contributed by atoms with Crippen LogP contribution in [0.25, 0.3) is 16.7 Å². The highest BCUT2D eigenvalue weighted by molar-refractivity contribution is 9.10. The first-order valence-electron chi connectivity index (χ1n) is 7.13. The van der Waals surface area contributed by atoms with Crippen molar-refractivity contribution in [3.63, 3.8) is 0 Å². The molecule has 4 rings (SSSR count). The van der Waals surface area contributed by atoms with E-state index in [9.17, 15) is 0 Å². The highest BCUT2D eigenvalue weighted by Crippen LogP contribution is 2.25. The number of rotatable bonds is 2. The van der Waals surface area contributed by atoms with Gasteiger partial charge in [0.05, 0.1) is 11.0 Å². The fourth-order valence-corrected chi connectivity index (χ4v) is 2.75. The average Bonchev–Trinajstić information content (AvgIpc) is 3.02. The van der Waals surface area contributed by atoms with E-state index in [4.69, 9.17) is 0 Å². The van der Waals surface area contributed by atoms with Gasteiger partial charge in [-0.25, -0.2) is 4.98 Å². The molecule has 0 aliphatic rings. The Morgan fingerprint density at radius 2 is 1.96 bits per heavy atom. The fraction of sp³-hybridized carbons (Fsp3) is 0.125. The Balaban J connectivity index is 1.89. The molecule has 1 N–H and O–H groups in total. The molecule has 0 saturated carbocycles. The molecule has 2 heterocycles. The number of tetrazole rings is 1. The maximum atomic E-state index is 4.68. The van der Waals surface area contributed by atoms with E-state index >= 15 is 0 Å². The SMILES string of the molecule is Cc1ccc2nc(Nc3ccc(Br)c(C)c3)c3nnnn3c2c1. The summed E-state index contributed by atoms with van der Waals surface area (Å²) in [4.78, 5) is 4.68. The normalized spacial score (nSPS) is 11.3. The molecule has 0 aliphatic heterocycles. The summed E-state index contributed by atoms with van der Waals surface area (Å²) < 4.78 is 2.78. The summed E-state index contributed by atoms with van der Waals surface area (Å²) in [5.74, 6) is 0.632. The van der Waals surface area contributed by atoms with Crippen molar-refractivity contribution in [2.24, 2.45) is 0 Å². The number of fused-ring (bicyclic) bond motifs is 3. The van der Waals surface area contributed by atoms with Crippen LogP contribution in [-0.2, 0) is 0 Å². The molecular weight excluding hydrogens is 356 g/mol. The highest BCUT2D eigenvalue weighted by Gasteiger charge is 2.12. The first-order valence-corrected chi connectivity index (χ1v) is 7.93. The van der Waals surface area contributed by atoms with E-state index in [0.717, 1.165) is 32.3 Å². The van der Waals surface area contributed by atoms with Crippen LogP contribution >= 0.6 is 15.9 Å². The van der Waals surface area contributed by atoms with Crippen LogP contribution in [-0.4, -0.2) is 25.0 Å². The molecule has 2 aromatic heterocycles. The maximum absolute atomic E-state index is 4.68. The summed E-state index contributed by atoms with van der Waals surface area (Å²) >= 11 is 3.51. The Kier molecular flexibility index (Phi) is 3.23. The van der Waals surface area contributed by atoms with Gasteiger partial charge in [0.2, 0.25) is 5.65 Å². The summed E-state index contributed by atoms with van der Waals surface area (Å²) in [7, 11) is 0. The van der Waals surface area contributed by atoms with Gasteiger partial charge in [0.1, 0.15) is 0 Å². The smallest absolute Gasteiger partial charge is 0.222 e. The molecule has 2 aromatic carbocycles. The van der Waals surface area contributed by atoms with Crippen LogP contribution in [0.5, 0.6) is 0 Å². The Labute approximate surface area is 140 Å². The van der Waals surface area contributed by atoms with Crippen LogP contribution in [0.4, 0.5) is 11.5 Å². The molecule has 0 spiro atoms. The molecule has 0 saturated heterocycles. The van der Waals surface area contributed by atoms with E-state index in [1.54, 1.807) is 4.52 Å². The van der Waals surface area contributed by atoms with E-state index < -0.39 is 0 Å². The van der Waals surface area contributed by atoms with Crippen molar-refractivity contribution in [3.05, 3.63) is 52.0 Å². The van der Waals surface area contributed by atoms with Crippen LogP contribution in [0.2, 0.25) is 0 Å². The van der Waals surface area contributed by atoms with Crippen molar-refractivity contribution in [2.75, 3.05) is 5.32 Å². The average molecular weight is 369 g/mol. The molecule has 0 radical (unpaired) electrons. The number of nitrogens with zero attached hydrogens (tertiary/aromatic N) is 5. The Hall–Kier alpha value is -2.54. The van der Waals surface area contributed by atoms with Crippen LogP contribution in [0.15, 0.2) is 40.9 Å². The van der Waals surface area contributed by atoms with Crippen LogP contribution in [0.1, 0.15) is 11.1 Å². The Bertz CT molecular complexity index is 1040. The minimum absolute atomic E-state index is 0.601. The molecule has 0 fully saturated rings. The molecule has 0 amide bonds. The molecule has 0 aliphatic carbocycles. The van der Waals surface area contributed by atoms with Crippen LogP contribution in [0.3, 0.4) is 0 Å². The van der Waals surface area contributed by atoms with Gasteiger partial charge in [-0.2, -0.15) is 4.52 Å². The molecule has 0 atom stereocenters. The lowest BCUT2D eigenvalue weighted by Crippen LogP contribution is -2.01. The van der Waals surface area contributed by atoms with Gasteiger partial charge < -0.3 is 5.32 Å². The lowest BCUT2D eigenvalue weighted by molar-refractivity contribution is 0.840. The zero-order valence-electron chi connectivity index (χ0n) is 12.6. The number of halogens is 1. The second kappa shape index (κ2) is 5.27. The van der Waals surface area contributed by atoms with Crippen molar-refractivity contribution < 1.29 is 0 Å². The van der Waals surface area contributed by atoms with Gasteiger partial charge >= 0.3 is 0 Å². The third-order valence-corrected chi connectivity index (χ3v) is 4.58. The van der Waals surface area contributed by atoms with Crippen molar-refractivity contribution in [1.82, 2.24) is 25.0 Å². The Morgan fingerprint density at radius 3 is 2.78 bits per heavy atom. The van der Waals surface area contributed by atoms with E-state index in [0.29, 0.717) is 11.5 Å². The summed E-state index contributed by atoms with van der Waals surface area (Å²) in [6.07, 6.45) is 0. The highest BCUT2D eigenvalue weighted by atomic mass is 79.9. The van der Waals surface area contributed by atoms with Crippen LogP contribution < -0.4 is 5.32 Å². The Morgan fingerprint density at radius 1 is 1.09 bits per heavy atom. The van der Waals surface area contributed by atoms with Crippen molar-refractivity contribution in [3.8, 4) is 0 Å². The lowest BCUT2D eigenvalue weighted by Gasteiger charge is -2.10. The van der Waals surface area contributed by atoms with Gasteiger partial charge in [-0.05, 0) is 65.7 Å². The predicted octanol–water partition coefficient (Wildman–Crippen LogP) is 3.80. The zero-order chi connectivity index (χ0) is 16.0. The quantitative estimate of drug-likeness (QED) is 0.582. The lowest BCUT2D eigenvalue weighted by atomic mass is 10.2. The summed E-state index contributed by atoms with van der Waals surface area (Å²) in [6, 6.07) is 12.1. The van der Waals surface area contributed by atoms with Gasteiger partial charge in [-0.1, -0.05) is 22.0 Å². The van der Waals surface area contributed by atoms with Gasteiger partial charge in [-0.15, -0.1) is 5.10 Å². The van der Waals surface area contributed by atoms with Gasteiger partial charge in [-0.3, -0.25) is 0 Å². The number of benzene rings is 2. The molecule has 23 heavy (non-hydrogen) atoms. The van der Waals surface area contributed by atoms with E-state index in [-0.39, 0.29) is 0 Å². The number of hydrogen-bond donors (Lipinski definition) is 1.